The number of amides is 1. The normalized spacial score (nSPS) is 15.5. The van der Waals surface area contributed by atoms with Gasteiger partial charge in [0.1, 0.15) is 5.00 Å². The average Bonchev–Trinajstić information content (AvgIpc) is 3.37. The second-order valence-electron chi connectivity index (χ2n) is 8.41. The molecule has 0 aliphatic heterocycles. The number of carbonyl (C=O) groups excluding carboxylic acids is 2. The van der Waals surface area contributed by atoms with Crippen LogP contribution in [0.3, 0.4) is 0 Å². The highest BCUT2D eigenvalue weighted by molar-refractivity contribution is 7.99. The molecule has 0 saturated carbocycles. The first-order chi connectivity index (χ1) is 16.0. The van der Waals surface area contributed by atoms with Crippen LogP contribution in [-0.4, -0.2) is 39.3 Å². The molecule has 1 aromatic carbocycles. The van der Waals surface area contributed by atoms with Gasteiger partial charge in [0.05, 0.1) is 23.9 Å². The number of aryl methyl sites for hydroxylation is 1. The molecule has 1 N–H and O–H groups in total. The van der Waals surface area contributed by atoms with Gasteiger partial charge in [-0.15, -0.1) is 21.5 Å². The Bertz CT molecular complexity index is 1390. The van der Waals surface area contributed by atoms with Gasteiger partial charge in [-0.05, 0) is 55.4 Å². The molecule has 0 fully saturated rings. The van der Waals surface area contributed by atoms with Crippen LogP contribution < -0.4 is 5.32 Å². The number of ether oxygens (including phenoxy) is 1. The van der Waals surface area contributed by atoms with Gasteiger partial charge in [0, 0.05) is 10.3 Å². The van der Waals surface area contributed by atoms with Crippen molar-refractivity contribution in [1.29, 1.82) is 0 Å². The first kappa shape index (κ1) is 21.9. The van der Waals surface area contributed by atoms with E-state index in [1.807, 2.05) is 28.7 Å². The van der Waals surface area contributed by atoms with Crippen LogP contribution in [0.5, 0.6) is 0 Å². The van der Waals surface area contributed by atoms with Crippen LogP contribution in [0.4, 0.5) is 5.00 Å². The summed E-state index contributed by atoms with van der Waals surface area (Å²) >= 11 is 2.82. The predicted molar refractivity (Wildman–Crippen MR) is 131 cm³/mol. The Morgan fingerprint density at radius 2 is 2.12 bits per heavy atom. The standard InChI is InChI=1S/C24H24N4O3S2/c1-13-8-9-16-18(10-13)33-22(21(16)23(30)31-3)25-20(29)12-32-24-27-26-19-11-14(2)15-6-4-5-7-17(15)28(19)24/h4-7,11,13H,8-10,12H2,1-3H3,(H,25,29)/t13-/m0/s1. The summed E-state index contributed by atoms with van der Waals surface area (Å²) in [7, 11) is 1.38. The number of nitrogens with one attached hydrogen (secondary N) is 1. The topological polar surface area (TPSA) is 85.6 Å². The van der Waals surface area contributed by atoms with Crippen molar-refractivity contribution >= 4 is 56.5 Å². The van der Waals surface area contributed by atoms with Gasteiger partial charge in [-0.3, -0.25) is 9.20 Å². The zero-order valence-corrected chi connectivity index (χ0v) is 20.3. The molecule has 33 heavy (non-hydrogen) atoms. The Balaban J connectivity index is 1.38. The van der Waals surface area contributed by atoms with E-state index in [9.17, 15) is 9.59 Å². The fraction of sp³-hybridized carbons (Fsp3) is 0.333. The van der Waals surface area contributed by atoms with Crippen molar-refractivity contribution in [3.63, 3.8) is 0 Å². The Morgan fingerprint density at radius 1 is 1.30 bits per heavy atom. The second-order valence-corrected chi connectivity index (χ2v) is 10.5. The van der Waals surface area contributed by atoms with Crippen molar-refractivity contribution in [3.05, 3.63) is 51.9 Å². The average molecular weight is 481 g/mol. The van der Waals surface area contributed by atoms with Crippen molar-refractivity contribution in [1.82, 2.24) is 14.6 Å². The highest BCUT2D eigenvalue weighted by Gasteiger charge is 2.29. The molecule has 4 aromatic rings. The molecule has 3 aromatic heterocycles. The van der Waals surface area contributed by atoms with Crippen molar-refractivity contribution in [2.24, 2.45) is 5.92 Å². The van der Waals surface area contributed by atoms with Gasteiger partial charge in [0.25, 0.3) is 0 Å². The number of carbonyl (C=O) groups is 2. The Hall–Kier alpha value is -2.91. The van der Waals surface area contributed by atoms with E-state index < -0.39 is 5.97 Å². The third kappa shape index (κ3) is 4.00. The molecule has 170 valence electrons. The van der Waals surface area contributed by atoms with E-state index in [-0.39, 0.29) is 11.7 Å². The van der Waals surface area contributed by atoms with E-state index in [0.717, 1.165) is 46.9 Å². The van der Waals surface area contributed by atoms with Crippen molar-refractivity contribution in [2.45, 2.75) is 38.3 Å². The maximum Gasteiger partial charge on any atom is 0.341 e. The highest BCUT2D eigenvalue weighted by atomic mass is 32.2. The monoisotopic (exact) mass is 480 g/mol. The van der Waals surface area contributed by atoms with Gasteiger partial charge in [-0.2, -0.15) is 0 Å². The predicted octanol–water partition coefficient (Wildman–Crippen LogP) is 4.89. The highest BCUT2D eigenvalue weighted by Crippen LogP contribution is 2.40. The summed E-state index contributed by atoms with van der Waals surface area (Å²) in [6.07, 6.45) is 2.79. The van der Waals surface area contributed by atoms with E-state index in [0.29, 0.717) is 21.6 Å². The first-order valence-electron chi connectivity index (χ1n) is 10.8. The van der Waals surface area contributed by atoms with Gasteiger partial charge in [-0.25, -0.2) is 4.79 Å². The molecule has 1 aliphatic rings. The summed E-state index contributed by atoms with van der Waals surface area (Å²) in [4.78, 5) is 26.5. The molecule has 1 aliphatic carbocycles. The molecule has 9 heteroatoms. The molecule has 1 atom stereocenters. The Labute approximate surface area is 199 Å². The zero-order chi connectivity index (χ0) is 23.1. The lowest BCUT2D eigenvalue weighted by molar-refractivity contribution is -0.113. The minimum atomic E-state index is -0.393. The lowest BCUT2D eigenvalue weighted by Crippen LogP contribution is -2.17. The summed E-state index contributed by atoms with van der Waals surface area (Å²) in [6.45, 7) is 4.26. The van der Waals surface area contributed by atoms with Crippen LogP contribution in [0.2, 0.25) is 0 Å². The molecule has 3 heterocycles. The van der Waals surface area contributed by atoms with E-state index in [4.69, 9.17) is 4.74 Å². The third-order valence-corrected chi connectivity index (χ3v) is 8.16. The Morgan fingerprint density at radius 3 is 2.94 bits per heavy atom. The quantitative estimate of drug-likeness (QED) is 0.323. The number of anilines is 1. The summed E-state index contributed by atoms with van der Waals surface area (Å²) in [5.41, 5.74) is 4.43. The van der Waals surface area contributed by atoms with Gasteiger partial charge >= 0.3 is 5.97 Å². The van der Waals surface area contributed by atoms with Crippen molar-refractivity contribution in [2.75, 3.05) is 18.2 Å². The summed E-state index contributed by atoms with van der Waals surface area (Å²) in [5.74, 6) is 0.142. The number of hydrogen-bond acceptors (Lipinski definition) is 7. The smallest absolute Gasteiger partial charge is 0.341 e. The molecule has 1 amide bonds. The number of fused-ring (bicyclic) bond motifs is 4. The number of pyridine rings is 1. The molecule has 0 saturated heterocycles. The number of thiophene rings is 1. The molecule has 0 spiro atoms. The van der Waals surface area contributed by atoms with Crippen LogP contribution in [0.15, 0.2) is 35.5 Å². The minimum absolute atomic E-state index is 0.155. The third-order valence-electron chi connectivity index (χ3n) is 6.06. The molecule has 7 nitrogen and oxygen atoms in total. The van der Waals surface area contributed by atoms with Crippen LogP contribution in [0.1, 0.15) is 39.7 Å². The number of benzene rings is 1. The van der Waals surface area contributed by atoms with Gasteiger partial charge in [-0.1, -0.05) is 36.9 Å². The number of para-hydroxylation sites is 1. The van der Waals surface area contributed by atoms with E-state index in [1.54, 1.807) is 0 Å². The Kier molecular flexibility index (Phi) is 5.84. The van der Waals surface area contributed by atoms with E-state index >= 15 is 0 Å². The maximum atomic E-state index is 12.9. The largest absolute Gasteiger partial charge is 0.465 e. The summed E-state index contributed by atoms with van der Waals surface area (Å²) < 4.78 is 6.99. The molecular formula is C24H24N4O3S2. The number of esters is 1. The zero-order valence-electron chi connectivity index (χ0n) is 18.7. The van der Waals surface area contributed by atoms with Crippen LogP contribution in [0.25, 0.3) is 16.6 Å². The molecule has 0 unspecified atom stereocenters. The number of hydrogen-bond donors (Lipinski definition) is 1. The fourth-order valence-electron chi connectivity index (χ4n) is 4.42. The SMILES string of the molecule is COC(=O)c1c(NC(=O)CSc2nnc3cc(C)c4ccccc4n23)sc2c1CC[C@H](C)C2. The lowest BCUT2D eigenvalue weighted by Gasteiger charge is -2.18. The molecule has 0 radical (unpaired) electrons. The lowest BCUT2D eigenvalue weighted by atomic mass is 9.88. The van der Waals surface area contributed by atoms with Crippen molar-refractivity contribution < 1.29 is 14.3 Å². The number of nitrogens with zero attached hydrogens (tertiary/aromatic N) is 3. The van der Waals surface area contributed by atoms with E-state index in [2.05, 4.69) is 35.4 Å². The number of aromatic nitrogens is 3. The molecule has 0 bridgehead atoms. The number of methoxy groups -OCH3 is 1. The van der Waals surface area contributed by atoms with E-state index in [1.165, 1.54) is 35.1 Å². The van der Waals surface area contributed by atoms with Gasteiger partial charge in [0.15, 0.2) is 10.8 Å². The molecule has 5 rings (SSSR count). The van der Waals surface area contributed by atoms with Gasteiger partial charge < -0.3 is 10.1 Å². The van der Waals surface area contributed by atoms with Crippen LogP contribution in [-0.2, 0) is 22.4 Å². The maximum absolute atomic E-state index is 12.9. The number of thioether (sulfide) groups is 1. The minimum Gasteiger partial charge on any atom is -0.465 e. The fourth-order valence-corrected chi connectivity index (χ4v) is 6.58. The van der Waals surface area contributed by atoms with Crippen molar-refractivity contribution in [3.8, 4) is 0 Å². The van der Waals surface area contributed by atoms with Crippen LogP contribution >= 0.6 is 23.1 Å². The molecular weight excluding hydrogens is 456 g/mol. The first-order valence-corrected chi connectivity index (χ1v) is 12.7. The number of rotatable bonds is 5. The summed E-state index contributed by atoms with van der Waals surface area (Å²) in [6, 6.07) is 10.1. The second kappa shape index (κ2) is 8.79. The van der Waals surface area contributed by atoms with Crippen LogP contribution in [0, 0.1) is 12.8 Å². The summed E-state index contributed by atoms with van der Waals surface area (Å²) in [5, 5.41) is 13.9. The van der Waals surface area contributed by atoms with Gasteiger partial charge in [0.2, 0.25) is 5.91 Å².